The van der Waals surface area contributed by atoms with Crippen molar-refractivity contribution >= 4 is 19.4 Å². The van der Waals surface area contributed by atoms with Crippen molar-refractivity contribution in [1.29, 1.82) is 0 Å². The first-order valence-electron chi connectivity index (χ1n) is 9.75. The van der Waals surface area contributed by atoms with Crippen LogP contribution < -0.4 is 4.46 Å². The Balaban J connectivity index is 1.41. The zero-order valence-electron chi connectivity index (χ0n) is 15.7. The Morgan fingerprint density at radius 1 is 1.20 bits per heavy atom. The standard InChI is InChI=1S/C21H31NO2Se/c1-15-9-10-18-19(11-15)24-20-13-23-16(12-22(20)21(18,2)3)14-25-17-7-5-4-6-8-17/h4-8,15-16,18-20H,9-14H2,1-3H3/t15-,16-,18-,19-,20+/m1/s1. The quantitative estimate of drug-likeness (QED) is 0.718. The topological polar surface area (TPSA) is 21.7 Å². The van der Waals surface area contributed by atoms with Crippen molar-refractivity contribution in [3.63, 3.8) is 0 Å². The number of hydrogen-bond donors (Lipinski definition) is 0. The minimum absolute atomic E-state index is 0.155. The molecule has 138 valence electrons. The van der Waals surface area contributed by atoms with Crippen LogP contribution in [0, 0.1) is 11.8 Å². The van der Waals surface area contributed by atoms with E-state index < -0.39 is 0 Å². The predicted octanol–water partition coefficient (Wildman–Crippen LogP) is 3.07. The maximum atomic E-state index is 6.52. The molecule has 1 aromatic rings. The van der Waals surface area contributed by atoms with Crippen LogP contribution in [0.2, 0.25) is 5.32 Å². The molecule has 25 heavy (non-hydrogen) atoms. The van der Waals surface area contributed by atoms with E-state index in [2.05, 4.69) is 56.0 Å². The van der Waals surface area contributed by atoms with E-state index in [4.69, 9.17) is 9.47 Å². The third-order valence-electron chi connectivity index (χ3n) is 6.44. The Morgan fingerprint density at radius 3 is 2.80 bits per heavy atom. The summed E-state index contributed by atoms with van der Waals surface area (Å²) in [4.78, 5) is 2.62. The van der Waals surface area contributed by atoms with Crippen molar-refractivity contribution in [1.82, 2.24) is 4.90 Å². The molecule has 3 nitrogen and oxygen atoms in total. The van der Waals surface area contributed by atoms with E-state index in [1.807, 2.05) is 0 Å². The van der Waals surface area contributed by atoms with Crippen molar-refractivity contribution in [3.05, 3.63) is 30.3 Å². The molecule has 3 fully saturated rings. The summed E-state index contributed by atoms with van der Waals surface area (Å²) in [6.45, 7) is 9.02. The van der Waals surface area contributed by atoms with Gasteiger partial charge >= 0.3 is 158 Å². The molecular formula is C21H31NO2Se. The molecule has 2 saturated heterocycles. The molecule has 1 saturated carbocycles. The van der Waals surface area contributed by atoms with Gasteiger partial charge in [-0.05, 0) is 0 Å². The molecule has 5 atom stereocenters. The fourth-order valence-corrected chi connectivity index (χ4v) is 6.88. The first kappa shape index (κ1) is 18.0. The average molecular weight is 408 g/mol. The van der Waals surface area contributed by atoms with Crippen molar-refractivity contribution in [3.8, 4) is 0 Å². The summed E-state index contributed by atoms with van der Waals surface area (Å²) in [5.41, 5.74) is 0.218. The molecule has 3 aliphatic rings. The average Bonchev–Trinajstić information content (AvgIpc) is 2.61. The van der Waals surface area contributed by atoms with Gasteiger partial charge in [0.2, 0.25) is 0 Å². The normalized spacial score (nSPS) is 38.0. The van der Waals surface area contributed by atoms with E-state index in [-0.39, 0.29) is 11.8 Å². The Kier molecular flexibility index (Phi) is 5.27. The molecule has 1 aliphatic carbocycles. The number of rotatable bonds is 3. The monoisotopic (exact) mass is 409 g/mol. The van der Waals surface area contributed by atoms with Crippen molar-refractivity contribution in [2.24, 2.45) is 11.8 Å². The van der Waals surface area contributed by atoms with Gasteiger partial charge in [-0.3, -0.25) is 0 Å². The fraction of sp³-hybridized carbons (Fsp3) is 0.714. The summed E-state index contributed by atoms with van der Waals surface area (Å²) in [5, 5.41) is 1.15. The second-order valence-corrected chi connectivity index (χ2v) is 10.8. The summed E-state index contributed by atoms with van der Waals surface area (Å²) in [7, 11) is 0. The number of nitrogens with zero attached hydrogens (tertiary/aromatic N) is 1. The SMILES string of the molecule is C[C@@H]1CC[C@@H]2[C@@H](C1)O[C@H]1CO[C@@H](C[Se]c3ccccc3)CN1C2(C)C. The van der Waals surface area contributed by atoms with Gasteiger partial charge in [0.05, 0.1) is 0 Å². The van der Waals surface area contributed by atoms with Gasteiger partial charge in [0.1, 0.15) is 0 Å². The maximum absolute atomic E-state index is 6.52. The fourth-order valence-electron chi connectivity index (χ4n) is 4.93. The molecule has 0 N–H and O–H groups in total. The number of ether oxygens (including phenoxy) is 2. The van der Waals surface area contributed by atoms with Gasteiger partial charge in [-0.1, -0.05) is 0 Å². The molecule has 0 spiro atoms. The van der Waals surface area contributed by atoms with Crippen LogP contribution in [-0.2, 0) is 9.47 Å². The van der Waals surface area contributed by atoms with Crippen LogP contribution in [0.5, 0.6) is 0 Å². The molecular weight excluding hydrogens is 377 g/mol. The van der Waals surface area contributed by atoms with Crippen LogP contribution in [-0.4, -0.2) is 57.0 Å². The molecule has 0 radical (unpaired) electrons. The van der Waals surface area contributed by atoms with Gasteiger partial charge in [-0.15, -0.1) is 0 Å². The number of fused-ring (bicyclic) bond motifs is 2. The van der Waals surface area contributed by atoms with Gasteiger partial charge in [-0.2, -0.15) is 0 Å². The van der Waals surface area contributed by atoms with Crippen molar-refractivity contribution in [2.75, 3.05) is 13.2 Å². The predicted molar refractivity (Wildman–Crippen MR) is 102 cm³/mol. The number of hydrogen-bond acceptors (Lipinski definition) is 3. The molecule has 2 aliphatic heterocycles. The van der Waals surface area contributed by atoms with Gasteiger partial charge in [0.15, 0.2) is 0 Å². The zero-order valence-corrected chi connectivity index (χ0v) is 17.4. The number of morpholine rings is 1. The summed E-state index contributed by atoms with van der Waals surface area (Å²) in [6.07, 6.45) is 4.80. The van der Waals surface area contributed by atoms with E-state index in [0.717, 1.165) is 24.4 Å². The molecule has 0 aromatic heterocycles. The van der Waals surface area contributed by atoms with Gasteiger partial charge < -0.3 is 0 Å². The summed E-state index contributed by atoms with van der Waals surface area (Å²) < 4.78 is 14.2. The van der Waals surface area contributed by atoms with Gasteiger partial charge in [0.25, 0.3) is 0 Å². The number of benzene rings is 1. The third-order valence-corrected chi connectivity index (χ3v) is 8.84. The second-order valence-electron chi connectivity index (χ2n) is 8.54. The van der Waals surface area contributed by atoms with Crippen LogP contribution in [0.15, 0.2) is 30.3 Å². The molecule has 4 heteroatoms. The third kappa shape index (κ3) is 3.70. The molecule has 0 amide bonds. The van der Waals surface area contributed by atoms with E-state index in [9.17, 15) is 0 Å². The molecule has 1 aromatic carbocycles. The van der Waals surface area contributed by atoms with Crippen LogP contribution in [0.4, 0.5) is 0 Å². The van der Waals surface area contributed by atoms with Gasteiger partial charge in [-0.25, -0.2) is 0 Å². The Morgan fingerprint density at radius 2 is 2.00 bits per heavy atom. The Bertz CT molecular complexity index is 579. The second kappa shape index (κ2) is 7.32. The first-order valence-corrected chi connectivity index (χ1v) is 11.8. The molecule has 2 heterocycles. The summed E-state index contributed by atoms with van der Waals surface area (Å²) in [6, 6.07) is 10.9. The minimum atomic E-state index is 0.155. The van der Waals surface area contributed by atoms with E-state index in [1.54, 1.807) is 0 Å². The molecule has 0 bridgehead atoms. The Labute approximate surface area is 158 Å². The van der Waals surface area contributed by atoms with E-state index >= 15 is 0 Å². The molecule has 0 unspecified atom stereocenters. The van der Waals surface area contributed by atoms with Gasteiger partial charge in [0, 0.05) is 0 Å². The Hall–Kier alpha value is -0.381. The van der Waals surface area contributed by atoms with E-state index in [1.165, 1.54) is 23.7 Å². The summed E-state index contributed by atoms with van der Waals surface area (Å²) in [5.74, 6) is 1.47. The van der Waals surface area contributed by atoms with E-state index in [0.29, 0.717) is 33.1 Å². The van der Waals surface area contributed by atoms with Crippen LogP contribution >= 0.6 is 0 Å². The first-order chi connectivity index (χ1) is 12.0. The zero-order chi connectivity index (χ0) is 17.4. The van der Waals surface area contributed by atoms with Crippen LogP contribution in [0.25, 0.3) is 0 Å². The molecule has 4 rings (SSSR count). The van der Waals surface area contributed by atoms with Crippen molar-refractivity contribution in [2.45, 2.75) is 69.3 Å². The van der Waals surface area contributed by atoms with Crippen molar-refractivity contribution < 1.29 is 9.47 Å². The van der Waals surface area contributed by atoms with Crippen LogP contribution in [0.3, 0.4) is 0 Å². The van der Waals surface area contributed by atoms with Crippen LogP contribution in [0.1, 0.15) is 40.0 Å². The summed E-state index contributed by atoms with van der Waals surface area (Å²) >= 11 is 0.488.